The fraction of sp³-hybridized carbons (Fsp3) is 0.167. The number of Topliss-reactive ketones (excluding diaryl/α,β-unsaturated/α-hetero) is 1. The molecule has 0 radical (unpaired) electrons. The van der Waals surface area contributed by atoms with E-state index in [1.165, 1.54) is 0 Å². The summed E-state index contributed by atoms with van der Waals surface area (Å²) in [5.41, 5.74) is 0.0727. The summed E-state index contributed by atoms with van der Waals surface area (Å²) in [5, 5.41) is 10.6. The maximum Gasteiger partial charge on any atom is 0.299 e. The van der Waals surface area contributed by atoms with Gasteiger partial charge in [-0.25, -0.2) is 4.39 Å². The zero-order chi connectivity index (χ0) is 14.9. The van der Waals surface area contributed by atoms with Gasteiger partial charge in [-0.1, -0.05) is 0 Å². The molecule has 0 bridgehead atoms. The first-order valence-electron chi connectivity index (χ1n) is 5.44. The minimum atomic E-state index is -0.904. The molecule has 1 heterocycles. The van der Waals surface area contributed by atoms with E-state index in [0.29, 0.717) is 0 Å². The molecule has 0 spiro atoms. The zero-order valence-electron chi connectivity index (χ0n) is 9.94. The standard InChI is InChI=1S/C12H7BrFN3O3/c13-8-4-6(14)3-7-10(8)17(12(20)11(7)19)5-9(18)16-2-1-15/h3-4H,2,5H2,(H,16,18). The molecule has 102 valence electrons. The number of anilines is 1. The van der Waals surface area contributed by atoms with E-state index in [4.69, 9.17) is 5.26 Å². The van der Waals surface area contributed by atoms with Crippen molar-refractivity contribution in [3.05, 3.63) is 28.0 Å². The lowest BCUT2D eigenvalue weighted by molar-refractivity contribution is -0.121. The van der Waals surface area contributed by atoms with E-state index in [-0.39, 0.29) is 22.3 Å². The largest absolute Gasteiger partial charge is 0.341 e. The summed E-state index contributed by atoms with van der Waals surface area (Å²) in [4.78, 5) is 36.1. The van der Waals surface area contributed by atoms with Crippen LogP contribution in [0.2, 0.25) is 0 Å². The molecule has 0 aromatic heterocycles. The molecule has 8 heteroatoms. The van der Waals surface area contributed by atoms with Gasteiger partial charge in [0.25, 0.3) is 11.7 Å². The van der Waals surface area contributed by atoms with E-state index in [9.17, 15) is 18.8 Å². The Hall–Kier alpha value is -2.27. The second-order valence-electron chi connectivity index (χ2n) is 3.94. The number of halogens is 2. The van der Waals surface area contributed by atoms with Crippen molar-refractivity contribution in [3.8, 4) is 6.07 Å². The lowest BCUT2D eigenvalue weighted by atomic mass is 10.1. The maximum atomic E-state index is 13.3. The Kier molecular flexibility index (Phi) is 3.81. The van der Waals surface area contributed by atoms with Crippen molar-refractivity contribution >= 4 is 39.2 Å². The molecule has 0 aliphatic carbocycles. The molecule has 20 heavy (non-hydrogen) atoms. The summed E-state index contributed by atoms with van der Waals surface area (Å²) in [5.74, 6) is -3.02. The zero-order valence-corrected chi connectivity index (χ0v) is 11.5. The Morgan fingerprint density at radius 3 is 2.80 bits per heavy atom. The van der Waals surface area contributed by atoms with Gasteiger partial charge >= 0.3 is 0 Å². The third-order valence-electron chi connectivity index (χ3n) is 2.65. The lowest BCUT2D eigenvalue weighted by Crippen LogP contribution is -2.40. The third-order valence-corrected chi connectivity index (χ3v) is 3.25. The molecule has 0 saturated heterocycles. The summed E-state index contributed by atoms with van der Waals surface area (Å²) in [6.45, 7) is -0.615. The average Bonchev–Trinajstić information content (AvgIpc) is 2.62. The van der Waals surface area contributed by atoms with E-state index in [0.717, 1.165) is 17.0 Å². The van der Waals surface area contributed by atoms with Gasteiger partial charge in [0.15, 0.2) is 0 Å². The van der Waals surface area contributed by atoms with Gasteiger partial charge in [0, 0.05) is 4.47 Å². The second kappa shape index (κ2) is 5.38. The third kappa shape index (κ3) is 2.40. The van der Waals surface area contributed by atoms with Crippen molar-refractivity contribution in [2.24, 2.45) is 0 Å². The number of fused-ring (bicyclic) bond motifs is 1. The molecular formula is C12H7BrFN3O3. The van der Waals surface area contributed by atoms with Crippen molar-refractivity contribution < 1.29 is 18.8 Å². The van der Waals surface area contributed by atoms with Gasteiger partial charge in [-0.15, -0.1) is 0 Å². The number of rotatable bonds is 3. The van der Waals surface area contributed by atoms with Crippen LogP contribution in [0.25, 0.3) is 0 Å². The molecule has 1 aromatic carbocycles. The number of hydrogen-bond donors (Lipinski definition) is 1. The quantitative estimate of drug-likeness (QED) is 0.650. The Morgan fingerprint density at radius 1 is 1.45 bits per heavy atom. The van der Waals surface area contributed by atoms with Gasteiger partial charge in [0.1, 0.15) is 18.9 Å². The van der Waals surface area contributed by atoms with Crippen LogP contribution in [0.1, 0.15) is 10.4 Å². The minimum Gasteiger partial charge on any atom is -0.341 e. The molecule has 0 saturated carbocycles. The Labute approximate surface area is 121 Å². The van der Waals surface area contributed by atoms with Crippen molar-refractivity contribution in [2.75, 3.05) is 18.0 Å². The Balaban J connectivity index is 2.34. The topological polar surface area (TPSA) is 90.3 Å². The Morgan fingerprint density at radius 2 is 2.15 bits per heavy atom. The van der Waals surface area contributed by atoms with Crippen molar-refractivity contribution in [3.63, 3.8) is 0 Å². The van der Waals surface area contributed by atoms with Crippen LogP contribution in [0, 0.1) is 17.1 Å². The first kappa shape index (κ1) is 14.1. The smallest absolute Gasteiger partial charge is 0.299 e. The minimum absolute atomic E-state index is 0.0880. The SMILES string of the molecule is N#CCNC(=O)CN1C(=O)C(=O)c2cc(F)cc(Br)c21. The van der Waals surface area contributed by atoms with Gasteiger partial charge in [-0.05, 0) is 28.1 Å². The number of hydrogen-bond acceptors (Lipinski definition) is 4. The highest BCUT2D eigenvalue weighted by molar-refractivity contribution is 9.10. The highest BCUT2D eigenvalue weighted by Crippen LogP contribution is 2.36. The molecule has 1 N–H and O–H groups in total. The predicted molar refractivity (Wildman–Crippen MR) is 69.4 cm³/mol. The number of nitriles is 1. The molecule has 1 aliphatic heterocycles. The van der Waals surface area contributed by atoms with Gasteiger partial charge in [0.05, 0.1) is 17.3 Å². The second-order valence-corrected chi connectivity index (χ2v) is 4.79. The molecule has 1 aliphatic rings. The fourth-order valence-corrected chi connectivity index (χ4v) is 2.49. The fourth-order valence-electron chi connectivity index (χ4n) is 1.84. The van der Waals surface area contributed by atoms with Crippen LogP contribution in [0.3, 0.4) is 0 Å². The van der Waals surface area contributed by atoms with Crippen LogP contribution >= 0.6 is 15.9 Å². The maximum absolute atomic E-state index is 13.3. The predicted octanol–water partition coefficient (Wildman–Crippen LogP) is 0.757. The van der Waals surface area contributed by atoms with E-state index >= 15 is 0 Å². The number of carbonyl (C=O) groups excluding carboxylic acids is 3. The van der Waals surface area contributed by atoms with E-state index in [1.54, 1.807) is 6.07 Å². The van der Waals surface area contributed by atoms with Gasteiger partial charge < -0.3 is 5.32 Å². The number of amides is 2. The number of benzene rings is 1. The number of nitrogens with zero attached hydrogens (tertiary/aromatic N) is 2. The van der Waals surface area contributed by atoms with E-state index in [1.807, 2.05) is 0 Å². The average molecular weight is 340 g/mol. The van der Waals surface area contributed by atoms with E-state index < -0.39 is 30.0 Å². The molecule has 2 rings (SSSR count). The van der Waals surface area contributed by atoms with Crippen molar-refractivity contribution in [2.45, 2.75) is 0 Å². The number of ketones is 1. The summed E-state index contributed by atoms with van der Waals surface area (Å²) >= 11 is 3.07. The van der Waals surface area contributed by atoms with Crippen LogP contribution in [0.15, 0.2) is 16.6 Å². The summed E-state index contributed by atoms with van der Waals surface area (Å²) in [6, 6.07) is 3.77. The monoisotopic (exact) mass is 339 g/mol. The molecular weight excluding hydrogens is 333 g/mol. The highest BCUT2D eigenvalue weighted by atomic mass is 79.9. The van der Waals surface area contributed by atoms with Gasteiger partial charge in [0.2, 0.25) is 5.91 Å². The van der Waals surface area contributed by atoms with E-state index in [2.05, 4.69) is 21.2 Å². The first-order valence-corrected chi connectivity index (χ1v) is 6.24. The Bertz CT molecular complexity index is 669. The van der Waals surface area contributed by atoms with Crippen molar-refractivity contribution in [1.82, 2.24) is 5.32 Å². The highest BCUT2D eigenvalue weighted by Gasteiger charge is 2.38. The summed E-state index contributed by atoms with van der Waals surface area (Å²) in [6.07, 6.45) is 0. The van der Waals surface area contributed by atoms with Crippen LogP contribution in [0.4, 0.5) is 10.1 Å². The first-order chi connectivity index (χ1) is 9.45. The summed E-state index contributed by atoms with van der Waals surface area (Å²) < 4.78 is 13.5. The molecule has 0 atom stereocenters. The van der Waals surface area contributed by atoms with Gasteiger partial charge in [-0.2, -0.15) is 5.26 Å². The van der Waals surface area contributed by atoms with Gasteiger partial charge in [-0.3, -0.25) is 19.3 Å². The molecule has 1 aromatic rings. The molecule has 0 fully saturated rings. The van der Waals surface area contributed by atoms with Crippen LogP contribution < -0.4 is 10.2 Å². The van der Waals surface area contributed by atoms with Crippen LogP contribution in [-0.2, 0) is 9.59 Å². The normalized spacial score (nSPS) is 13.2. The van der Waals surface area contributed by atoms with Crippen molar-refractivity contribution in [1.29, 1.82) is 5.26 Å². The lowest BCUT2D eigenvalue weighted by Gasteiger charge is -2.16. The molecule has 6 nitrogen and oxygen atoms in total. The van der Waals surface area contributed by atoms with Crippen LogP contribution in [0.5, 0.6) is 0 Å². The molecule has 2 amide bonds. The number of nitrogens with one attached hydrogen (secondary N) is 1. The summed E-state index contributed by atoms with van der Waals surface area (Å²) in [7, 11) is 0. The molecule has 0 unspecified atom stereocenters. The van der Waals surface area contributed by atoms with Crippen LogP contribution in [-0.4, -0.2) is 30.7 Å². The number of carbonyl (C=O) groups is 3.